The van der Waals surface area contributed by atoms with Crippen LogP contribution in [0.25, 0.3) is 0 Å². The van der Waals surface area contributed by atoms with Crippen LogP contribution in [-0.4, -0.2) is 42.8 Å². The Morgan fingerprint density at radius 1 is 1.47 bits per heavy atom. The maximum absolute atomic E-state index is 5.87. The predicted molar refractivity (Wildman–Crippen MR) is 63.9 cm³/mol. The third-order valence-electron chi connectivity index (χ3n) is 3.29. The van der Waals surface area contributed by atoms with Gasteiger partial charge in [-0.25, -0.2) is 0 Å². The quantitative estimate of drug-likeness (QED) is 0.755. The van der Waals surface area contributed by atoms with Crippen LogP contribution in [0.2, 0.25) is 0 Å². The zero-order chi connectivity index (χ0) is 11.3. The monoisotopic (exact) mass is 214 g/mol. The molecule has 3 unspecified atom stereocenters. The SMILES string of the molecule is CCCCC(CN)N1CC(C)OCC1C. The fourth-order valence-corrected chi connectivity index (χ4v) is 2.30. The molecule has 1 aliphatic heterocycles. The molecule has 3 heteroatoms. The molecule has 3 nitrogen and oxygen atoms in total. The molecule has 1 aliphatic rings. The summed E-state index contributed by atoms with van der Waals surface area (Å²) in [7, 11) is 0. The average molecular weight is 214 g/mol. The van der Waals surface area contributed by atoms with Gasteiger partial charge >= 0.3 is 0 Å². The smallest absolute Gasteiger partial charge is 0.0674 e. The highest BCUT2D eigenvalue weighted by atomic mass is 16.5. The maximum Gasteiger partial charge on any atom is 0.0674 e. The van der Waals surface area contributed by atoms with Crippen LogP contribution in [0.3, 0.4) is 0 Å². The Morgan fingerprint density at radius 3 is 2.80 bits per heavy atom. The van der Waals surface area contributed by atoms with Crippen molar-refractivity contribution in [2.24, 2.45) is 5.73 Å². The van der Waals surface area contributed by atoms with Gasteiger partial charge in [-0.15, -0.1) is 0 Å². The highest BCUT2D eigenvalue weighted by Gasteiger charge is 2.28. The minimum atomic E-state index is 0.358. The molecule has 1 fully saturated rings. The molecular weight excluding hydrogens is 188 g/mol. The van der Waals surface area contributed by atoms with Crippen LogP contribution in [0, 0.1) is 0 Å². The first-order valence-electron chi connectivity index (χ1n) is 6.26. The molecule has 0 bridgehead atoms. The lowest BCUT2D eigenvalue weighted by molar-refractivity contribution is -0.0659. The summed E-state index contributed by atoms with van der Waals surface area (Å²) >= 11 is 0. The van der Waals surface area contributed by atoms with Crippen LogP contribution >= 0.6 is 0 Å². The lowest BCUT2D eigenvalue weighted by Gasteiger charge is -2.41. The summed E-state index contributed by atoms with van der Waals surface area (Å²) in [6.07, 6.45) is 4.12. The van der Waals surface area contributed by atoms with Gasteiger partial charge in [0.25, 0.3) is 0 Å². The molecule has 1 saturated heterocycles. The van der Waals surface area contributed by atoms with Gasteiger partial charge in [0.05, 0.1) is 12.7 Å². The van der Waals surface area contributed by atoms with Crippen molar-refractivity contribution in [3.8, 4) is 0 Å². The first kappa shape index (κ1) is 12.9. The number of hydrogen-bond donors (Lipinski definition) is 1. The topological polar surface area (TPSA) is 38.5 Å². The van der Waals surface area contributed by atoms with Gasteiger partial charge in [0, 0.05) is 25.2 Å². The Hall–Kier alpha value is -0.120. The number of morpholine rings is 1. The number of hydrogen-bond acceptors (Lipinski definition) is 3. The van der Waals surface area contributed by atoms with E-state index in [2.05, 4.69) is 25.7 Å². The number of unbranched alkanes of at least 4 members (excludes halogenated alkanes) is 1. The van der Waals surface area contributed by atoms with Crippen molar-refractivity contribution in [2.75, 3.05) is 19.7 Å². The summed E-state index contributed by atoms with van der Waals surface area (Å²) in [5.41, 5.74) is 5.87. The summed E-state index contributed by atoms with van der Waals surface area (Å²) in [6, 6.07) is 1.07. The van der Waals surface area contributed by atoms with Gasteiger partial charge in [-0.2, -0.15) is 0 Å². The molecule has 1 heterocycles. The first-order chi connectivity index (χ1) is 7.19. The Kier molecular flexibility index (Phi) is 5.58. The zero-order valence-electron chi connectivity index (χ0n) is 10.4. The number of nitrogens with zero attached hydrogens (tertiary/aromatic N) is 1. The van der Waals surface area contributed by atoms with E-state index in [-0.39, 0.29) is 0 Å². The van der Waals surface area contributed by atoms with E-state index in [1.54, 1.807) is 0 Å². The van der Waals surface area contributed by atoms with Crippen LogP contribution in [0.4, 0.5) is 0 Å². The number of rotatable bonds is 5. The second-order valence-corrected chi connectivity index (χ2v) is 4.72. The fourth-order valence-electron chi connectivity index (χ4n) is 2.30. The largest absolute Gasteiger partial charge is 0.376 e. The molecule has 0 aromatic rings. The van der Waals surface area contributed by atoms with E-state index in [1.807, 2.05) is 0 Å². The molecule has 0 aromatic carbocycles. The fraction of sp³-hybridized carbons (Fsp3) is 1.00. The number of ether oxygens (including phenoxy) is 1. The van der Waals surface area contributed by atoms with E-state index < -0.39 is 0 Å². The Morgan fingerprint density at radius 2 is 2.20 bits per heavy atom. The van der Waals surface area contributed by atoms with E-state index in [0.717, 1.165) is 19.7 Å². The maximum atomic E-state index is 5.87. The Balaban J connectivity index is 2.48. The molecule has 2 N–H and O–H groups in total. The minimum absolute atomic E-state index is 0.358. The van der Waals surface area contributed by atoms with Crippen molar-refractivity contribution >= 4 is 0 Å². The van der Waals surface area contributed by atoms with Crippen molar-refractivity contribution < 1.29 is 4.74 Å². The summed E-state index contributed by atoms with van der Waals surface area (Å²) in [5, 5.41) is 0. The molecule has 0 radical (unpaired) electrons. The van der Waals surface area contributed by atoms with Gasteiger partial charge < -0.3 is 10.5 Å². The molecule has 1 rings (SSSR count). The molecule has 3 atom stereocenters. The van der Waals surface area contributed by atoms with Gasteiger partial charge in [0.1, 0.15) is 0 Å². The predicted octanol–water partition coefficient (Wildman–Crippen LogP) is 1.61. The van der Waals surface area contributed by atoms with Gasteiger partial charge in [-0.05, 0) is 20.3 Å². The van der Waals surface area contributed by atoms with Crippen LogP contribution in [0.15, 0.2) is 0 Å². The van der Waals surface area contributed by atoms with E-state index in [0.29, 0.717) is 18.2 Å². The molecule has 15 heavy (non-hydrogen) atoms. The van der Waals surface area contributed by atoms with Crippen molar-refractivity contribution in [1.29, 1.82) is 0 Å². The molecule has 0 aromatic heterocycles. The third kappa shape index (κ3) is 3.74. The highest BCUT2D eigenvalue weighted by molar-refractivity contribution is 4.82. The molecular formula is C12H26N2O. The highest BCUT2D eigenvalue weighted by Crippen LogP contribution is 2.17. The van der Waals surface area contributed by atoms with Crippen molar-refractivity contribution in [3.05, 3.63) is 0 Å². The van der Waals surface area contributed by atoms with Crippen LogP contribution < -0.4 is 5.73 Å². The Bertz CT molecular complexity index is 175. The van der Waals surface area contributed by atoms with Crippen molar-refractivity contribution in [1.82, 2.24) is 4.90 Å². The lowest BCUT2D eigenvalue weighted by Crippen LogP contribution is -2.54. The van der Waals surface area contributed by atoms with Crippen molar-refractivity contribution in [3.63, 3.8) is 0 Å². The minimum Gasteiger partial charge on any atom is -0.376 e. The normalized spacial score (nSPS) is 30.4. The molecule has 90 valence electrons. The van der Waals surface area contributed by atoms with Gasteiger partial charge in [0.15, 0.2) is 0 Å². The summed E-state index contributed by atoms with van der Waals surface area (Å²) in [5.74, 6) is 0. The molecule has 0 aliphatic carbocycles. The second kappa shape index (κ2) is 6.46. The molecule has 0 saturated carbocycles. The van der Waals surface area contributed by atoms with Gasteiger partial charge in [-0.3, -0.25) is 4.90 Å². The van der Waals surface area contributed by atoms with E-state index >= 15 is 0 Å². The first-order valence-corrected chi connectivity index (χ1v) is 6.26. The van der Waals surface area contributed by atoms with E-state index in [4.69, 9.17) is 10.5 Å². The summed E-state index contributed by atoms with van der Waals surface area (Å²) in [4.78, 5) is 2.53. The van der Waals surface area contributed by atoms with E-state index in [1.165, 1.54) is 19.3 Å². The summed E-state index contributed by atoms with van der Waals surface area (Å²) in [6.45, 7) is 9.28. The van der Waals surface area contributed by atoms with Gasteiger partial charge in [0.2, 0.25) is 0 Å². The lowest BCUT2D eigenvalue weighted by atomic mass is 10.0. The zero-order valence-corrected chi connectivity index (χ0v) is 10.4. The van der Waals surface area contributed by atoms with Crippen molar-refractivity contribution in [2.45, 2.75) is 58.2 Å². The third-order valence-corrected chi connectivity index (χ3v) is 3.29. The van der Waals surface area contributed by atoms with Crippen LogP contribution in [0.5, 0.6) is 0 Å². The second-order valence-electron chi connectivity index (χ2n) is 4.72. The van der Waals surface area contributed by atoms with Crippen LogP contribution in [-0.2, 0) is 4.74 Å². The van der Waals surface area contributed by atoms with Crippen LogP contribution in [0.1, 0.15) is 40.0 Å². The number of nitrogens with two attached hydrogens (primary N) is 1. The molecule has 0 amide bonds. The van der Waals surface area contributed by atoms with E-state index in [9.17, 15) is 0 Å². The summed E-state index contributed by atoms with van der Waals surface area (Å²) < 4.78 is 5.64. The standard InChI is InChI=1S/C12H26N2O/c1-4-5-6-12(7-13)14-8-11(3)15-9-10(14)2/h10-12H,4-9,13H2,1-3H3. The average Bonchev–Trinajstić information content (AvgIpc) is 2.24. The van der Waals surface area contributed by atoms with Gasteiger partial charge in [-0.1, -0.05) is 19.8 Å². The molecule has 0 spiro atoms. The Labute approximate surface area is 94.0 Å².